The summed E-state index contributed by atoms with van der Waals surface area (Å²) < 4.78 is 21.1. The fourth-order valence-corrected chi connectivity index (χ4v) is 5.86. The number of rotatable bonds is 12. The molecule has 1 aliphatic rings. The summed E-state index contributed by atoms with van der Waals surface area (Å²) in [6, 6.07) is 15.9. The van der Waals surface area contributed by atoms with Crippen LogP contribution >= 0.6 is 11.6 Å². The van der Waals surface area contributed by atoms with E-state index >= 15 is 4.39 Å². The third kappa shape index (κ3) is 7.20. The Hall–Kier alpha value is -2.70. The Morgan fingerprint density at radius 3 is 2.65 bits per heavy atom. The van der Waals surface area contributed by atoms with E-state index in [4.69, 9.17) is 16.3 Å². The molecule has 1 unspecified atom stereocenters. The summed E-state index contributed by atoms with van der Waals surface area (Å²) in [6.07, 6.45) is 5.83. The van der Waals surface area contributed by atoms with Crippen LogP contribution in [0.2, 0.25) is 5.02 Å². The van der Waals surface area contributed by atoms with Crippen molar-refractivity contribution < 1.29 is 19.0 Å². The van der Waals surface area contributed by atoms with Gasteiger partial charge in [-0.05, 0) is 93.8 Å². The van der Waals surface area contributed by atoms with E-state index in [9.17, 15) is 9.90 Å². The minimum Gasteiger partial charge on any atom is -0.497 e. The largest absolute Gasteiger partial charge is 0.497 e. The highest BCUT2D eigenvalue weighted by Gasteiger charge is 2.37. The number of methoxy groups -OCH3 is 1. The lowest BCUT2D eigenvalue weighted by Crippen LogP contribution is -2.41. The first-order valence-corrected chi connectivity index (χ1v) is 13.5. The minimum absolute atomic E-state index is 0.0697. The number of unbranched alkanes of at least 4 members (excludes halogenated alkanes) is 1. The molecular formula is C30H36ClFN2O3. The van der Waals surface area contributed by atoms with E-state index in [2.05, 4.69) is 34.1 Å². The third-order valence-electron chi connectivity index (χ3n) is 7.79. The number of carbonyl (C=O) groups is 1. The predicted molar refractivity (Wildman–Crippen MR) is 146 cm³/mol. The van der Waals surface area contributed by atoms with Crippen LogP contribution in [0.25, 0.3) is 10.9 Å². The molecule has 1 saturated heterocycles. The molecule has 5 nitrogen and oxygen atoms in total. The average molecular weight is 527 g/mol. The van der Waals surface area contributed by atoms with Gasteiger partial charge in [0, 0.05) is 17.1 Å². The predicted octanol–water partition coefficient (Wildman–Crippen LogP) is 7.27. The number of aryl methyl sites for hydroxylation is 1. The Kier molecular flexibility index (Phi) is 9.38. The number of carboxylic acid groups (broad SMARTS) is 1. The highest BCUT2D eigenvalue weighted by molar-refractivity contribution is 6.32. The van der Waals surface area contributed by atoms with Crippen molar-refractivity contribution in [3.05, 3.63) is 70.9 Å². The molecule has 4 rings (SSSR count). The standard InChI is InChI=1S/C30H36ClFN2O3/c1-37-23-10-11-27-24(19-23)29(25(31)21-33-27)26(32)12-13-30(20-28(35)36)14-17-34(18-15-30)16-6-5-9-22-7-3-2-4-8-22/h2-4,7-8,10-11,19,21,26H,5-6,9,12-18,20H2,1H3,(H,35,36). The minimum atomic E-state index is -1.31. The van der Waals surface area contributed by atoms with Gasteiger partial charge in [-0.15, -0.1) is 0 Å². The number of piperidine rings is 1. The highest BCUT2D eigenvalue weighted by Crippen LogP contribution is 2.44. The SMILES string of the molecule is COc1ccc2ncc(Cl)c(C(F)CCC3(CC(=O)O)CCN(CCCCc4ccccc4)CC3)c2c1. The lowest BCUT2D eigenvalue weighted by Gasteiger charge is -2.41. The van der Waals surface area contributed by atoms with Gasteiger partial charge in [0.15, 0.2) is 0 Å². The van der Waals surface area contributed by atoms with E-state index < -0.39 is 17.6 Å². The molecular weight excluding hydrogens is 491 g/mol. The summed E-state index contributed by atoms with van der Waals surface area (Å²) in [5.74, 6) is -0.202. The van der Waals surface area contributed by atoms with E-state index in [1.807, 2.05) is 6.07 Å². The molecule has 1 N–H and O–H groups in total. The van der Waals surface area contributed by atoms with Gasteiger partial charge in [0.1, 0.15) is 11.9 Å². The number of aliphatic carboxylic acids is 1. The topological polar surface area (TPSA) is 62.7 Å². The Morgan fingerprint density at radius 1 is 1.19 bits per heavy atom. The summed E-state index contributed by atoms with van der Waals surface area (Å²) in [4.78, 5) is 18.5. The zero-order chi connectivity index (χ0) is 26.3. The number of hydrogen-bond donors (Lipinski definition) is 1. The summed E-state index contributed by atoms with van der Waals surface area (Å²) in [6.45, 7) is 2.72. The van der Waals surface area contributed by atoms with Crippen LogP contribution < -0.4 is 4.74 Å². The van der Waals surface area contributed by atoms with Gasteiger partial charge >= 0.3 is 5.97 Å². The first-order chi connectivity index (χ1) is 17.9. The number of nitrogens with zero attached hydrogens (tertiary/aromatic N) is 2. The summed E-state index contributed by atoms with van der Waals surface area (Å²) >= 11 is 6.41. The summed E-state index contributed by atoms with van der Waals surface area (Å²) in [5.41, 5.74) is 2.03. The van der Waals surface area contributed by atoms with Crippen LogP contribution in [0.4, 0.5) is 4.39 Å². The summed E-state index contributed by atoms with van der Waals surface area (Å²) in [7, 11) is 1.57. The Bertz CT molecular complexity index is 1180. The molecule has 1 aromatic heterocycles. The van der Waals surface area contributed by atoms with Crippen molar-refractivity contribution in [1.29, 1.82) is 0 Å². The van der Waals surface area contributed by atoms with Crippen molar-refractivity contribution >= 4 is 28.5 Å². The van der Waals surface area contributed by atoms with Crippen molar-refractivity contribution in [1.82, 2.24) is 9.88 Å². The average Bonchev–Trinajstić information content (AvgIpc) is 2.90. The first-order valence-electron chi connectivity index (χ1n) is 13.1. The van der Waals surface area contributed by atoms with E-state index in [1.54, 1.807) is 25.3 Å². The number of ether oxygens (including phenoxy) is 1. The monoisotopic (exact) mass is 526 g/mol. The normalized spacial score (nSPS) is 16.5. The van der Waals surface area contributed by atoms with Crippen LogP contribution in [0, 0.1) is 5.41 Å². The van der Waals surface area contributed by atoms with Crippen molar-refractivity contribution in [3.63, 3.8) is 0 Å². The van der Waals surface area contributed by atoms with Crippen molar-refractivity contribution in [2.45, 2.75) is 57.5 Å². The lowest BCUT2D eigenvalue weighted by molar-refractivity contribution is -0.141. The second-order valence-electron chi connectivity index (χ2n) is 10.3. The fraction of sp³-hybridized carbons (Fsp3) is 0.467. The number of likely N-dealkylation sites (tertiary alicyclic amines) is 1. The van der Waals surface area contributed by atoms with E-state index in [1.165, 1.54) is 11.8 Å². The highest BCUT2D eigenvalue weighted by atomic mass is 35.5. The maximum absolute atomic E-state index is 15.7. The van der Waals surface area contributed by atoms with E-state index in [0.29, 0.717) is 28.6 Å². The van der Waals surface area contributed by atoms with Gasteiger partial charge in [-0.2, -0.15) is 0 Å². The number of aromatic nitrogens is 1. The van der Waals surface area contributed by atoms with Gasteiger partial charge in [0.2, 0.25) is 0 Å². The molecule has 0 aliphatic carbocycles. The van der Waals surface area contributed by atoms with Crippen molar-refractivity contribution in [2.24, 2.45) is 5.41 Å². The second-order valence-corrected chi connectivity index (χ2v) is 10.7. The zero-order valence-corrected chi connectivity index (χ0v) is 22.2. The molecule has 198 valence electrons. The molecule has 2 heterocycles. The molecule has 7 heteroatoms. The van der Waals surface area contributed by atoms with Crippen LogP contribution in [-0.2, 0) is 11.2 Å². The molecule has 2 aromatic carbocycles. The number of fused-ring (bicyclic) bond motifs is 1. The van der Waals surface area contributed by atoms with Gasteiger partial charge in [-0.1, -0.05) is 41.9 Å². The van der Waals surface area contributed by atoms with Gasteiger partial charge in [0.25, 0.3) is 0 Å². The number of alkyl halides is 1. The van der Waals surface area contributed by atoms with Crippen LogP contribution in [0.5, 0.6) is 5.75 Å². The van der Waals surface area contributed by atoms with Gasteiger partial charge in [-0.25, -0.2) is 4.39 Å². The molecule has 0 amide bonds. The maximum atomic E-state index is 15.7. The van der Waals surface area contributed by atoms with Gasteiger partial charge in [0.05, 0.1) is 24.1 Å². The van der Waals surface area contributed by atoms with Crippen LogP contribution in [-0.4, -0.2) is 47.7 Å². The van der Waals surface area contributed by atoms with Gasteiger partial charge < -0.3 is 14.7 Å². The van der Waals surface area contributed by atoms with Crippen LogP contribution in [0.15, 0.2) is 54.7 Å². The third-order valence-corrected chi connectivity index (χ3v) is 8.09. The zero-order valence-electron chi connectivity index (χ0n) is 21.5. The van der Waals surface area contributed by atoms with E-state index in [0.717, 1.165) is 51.7 Å². The molecule has 1 aliphatic heterocycles. The molecule has 1 fully saturated rings. The number of hydrogen-bond acceptors (Lipinski definition) is 4. The Balaban J connectivity index is 1.35. The molecule has 0 spiro atoms. The summed E-state index contributed by atoms with van der Waals surface area (Å²) in [5, 5.41) is 10.6. The number of carboxylic acids is 1. The maximum Gasteiger partial charge on any atom is 0.303 e. The molecule has 0 radical (unpaired) electrons. The second kappa shape index (κ2) is 12.7. The fourth-order valence-electron chi connectivity index (χ4n) is 5.59. The first kappa shape index (κ1) is 27.3. The van der Waals surface area contributed by atoms with Crippen molar-refractivity contribution in [2.75, 3.05) is 26.7 Å². The van der Waals surface area contributed by atoms with Crippen LogP contribution in [0.1, 0.15) is 62.2 Å². The molecule has 1 atom stereocenters. The van der Waals surface area contributed by atoms with Crippen LogP contribution in [0.3, 0.4) is 0 Å². The van der Waals surface area contributed by atoms with Gasteiger partial charge in [-0.3, -0.25) is 9.78 Å². The molecule has 37 heavy (non-hydrogen) atoms. The smallest absolute Gasteiger partial charge is 0.303 e. The number of pyridine rings is 1. The number of benzene rings is 2. The Labute approximate surface area is 223 Å². The molecule has 0 bridgehead atoms. The quantitative estimate of drug-likeness (QED) is 0.251. The van der Waals surface area contributed by atoms with Crippen molar-refractivity contribution in [3.8, 4) is 5.75 Å². The molecule has 0 saturated carbocycles. The Morgan fingerprint density at radius 2 is 1.95 bits per heavy atom. The molecule has 3 aromatic rings. The lowest BCUT2D eigenvalue weighted by atomic mass is 9.71. The van der Waals surface area contributed by atoms with E-state index in [-0.39, 0.29) is 17.9 Å². The number of halogens is 2.